The summed E-state index contributed by atoms with van der Waals surface area (Å²) in [6, 6.07) is 5.56. The first-order valence-corrected chi connectivity index (χ1v) is 10.2. The van der Waals surface area contributed by atoms with Crippen molar-refractivity contribution >= 4 is 27.3 Å². The Morgan fingerprint density at radius 1 is 1.28 bits per heavy atom. The lowest BCUT2D eigenvalue weighted by Crippen LogP contribution is -2.42. The van der Waals surface area contributed by atoms with Crippen LogP contribution in [0.5, 0.6) is 0 Å². The summed E-state index contributed by atoms with van der Waals surface area (Å²) >= 11 is 0. The van der Waals surface area contributed by atoms with Gasteiger partial charge in [0.2, 0.25) is 11.8 Å². The largest absolute Gasteiger partial charge is 0.339 e. The maximum Gasteiger partial charge on any atom is 0.228 e. The number of benzene rings is 1. The normalized spacial score (nSPS) is 26.9. The molecule has 8 heteroatoms. The number of nitrogens with zero attached hydrogens (tertiary/aromatic N) is 1. The number of nitrogens with one attached hydrogen (secondary N) is 1. The van der Waals surface area contributed by atoms with Crippen molar-refractivity contribution in [3.63, 3.8) is 0 Å². The molecule has 2 aliphatic rings. The fourth-order valence-electron chi connectivity index (χ4n) is 3.37. The number of halogens is 1. The third-order valence-electron chi connectivity index (χ3n) is 4.85. The van der Waals surface area contributed by atoms with Gasteiger partial charge in [-0.2, -0.15) is 0 Å². The maximum atomic E-state index is 13.6. The van der Waals surface area contributed by atoms with Gasteiger partial charge in [-0.25, -0.2) is 12.8 Å². The molecule has 1 saturated carbocycles. The molecular formula is C17H21FN2O4S. The minimum atomic E-state index is -3.08. The summed E-state index contributed by atoms with van der Waals surface area (Å²) in [5, 5.41) is 2.52. The Morgan fingerprint density at radius 2 is 2.00 bits per heavy atom. The molecule has 0 spiro atoms. The lowest BCUT2D eigenvalue weighted by atomic mass is 10.2. The Balaban J connectivity index is 1.61. The van der Waals surface area contributed by atoms with Gasteiger partial charge in [-0.15, -0.1) is 0 Å². The summed E-state index contributed by atoms with van der Waals surface area (Å²) in [4.78, 5) is 26.5. The third-order valence-corrected chi connectivity index (χ3v) is 6.60. The number of carbonyl (C=O) groups is 2. The van der Waals surface area contributed by atoms with Crippen LogP contribution in [-0.4, -0.2) is 49.2 Å². The van der Waals surface area contributed by atoms with Crippen LogP contribution in [0.2, 0.25) is 0 Å². The van der Waals surface area contributed by atoms with Gasteiger partial charge in [0.15, 0.2) is 9.84 Å². The first-order chi connectivity index (χ1) is 11.8. The van der Waals surface area contributed by atoms with E-state index >= 15 is 0 Å². The number of hydrogen-bond donors (Lipinski definition) is 1. The van der Waals surface area contributed by atoms with Crippen LogP contribution in [0.3, 0.4) is 0 Å². The van der Waals surface area contributed by atoms with Crippen molar-refractivity contribution in [2.45, 2.75) is 25.8 Å². The SMILES string of the molecule is CCN(C(=O)C1CC1C(=O)Nc1ccccc1F)C1CCS(=O)(=O)C1. The summed E-state index contributed by atoms with van der Waals surface area (Å²) < 4.78 is 36.9. The van der Waals surface area contributed by atoms with Gasteiger partial charge >= 0.3 is 0 Å². The predicted molar refractivity (Wildman–Crippen MR) is 91.1 cm³/mol. The number of rotatable bonds is 5. The molecule has 1 saturated heterocycles. The Kier molecular flexibility index (Phi) is 4.81. The van der Waals surface area contributed by atoms with E-state index in [-0.39, 0.29) is 35.0 Å². The Morgan fingerprint density at radius 3 is 2.60 bits per heavy atom. The second-order valence-electron chi connectivity index (χ2n) is 6.60. The van der Waals surface area contributed by atoms with Crippen molar-refractivity contribution < 1.29 is 22.4 Å². The quantitative estimate of drug-likeness (QED) is 0.852. The highest BCUT2D eigenvalue weighted by Crippen LogP contribution is 2.41. The molecule has 1 aromatic carbocycles. The maximum absolute atomic E-state index is 13.6. The molecule has 25 heavy (non-hydrogen) atoms. The molecule has 1 heterocycles. The Bertz CT molecular complexity index is 796. The van der Waals surface area contributed by atoms with Crippen LogP contribution in [0.1, 0.15) is 19.8 Å². The van der Waals surface area contributed by atoms with Crippen LogP contribution >= 0.6 is 0 Å². The van der Waals surface area contributed by atoms with Gasteiger partial charge in [-0.1, -0.05) is 12.1 Å². The zero-order valence-corrected chi connectivity index (χ0v) is 14.8. The molecule has 3 unspecified atom stereocenters. The highest BCUT2D eigenvalue weighted by Gasteiger charge is 2.51. The summed E-state index contributed by atoms with van der Waals surface area (Å²) in [6.07, 6.45) is 0.857. The molecule has 136 valence electrons. The van der Waals surface area contributed by atoms with Gasteiger partial charge in [0.25, 0.3) is 0 Å². The minimum absolute atomic E-state index is 0.00854. The molecular weight excluding hydrogens is 347 g/mol. The van der Waals surface area contributed by atoms with E-state index in [0.717, 1.165) is 0 Å². The molecule has 1 aromatic rings. The lowest BCUT2D eigenvalue weighted by Gasteiger charge is -2.27. The average Bonchev–Trinajstić information content (AvgIpc) is 3.29. The van der Waals surface area contributed by atoms with Gasteiger partial charge < -0.3 is 10.2 Å². The number of amides is 2. The number of para-hydroxylation sites is 1. The van der Waals surface area contributed by atoms with E-state index in [1.165, 1.54) is 18.2 Å². The summed E-state index contributed by atoms with van der Waals surface area (Å²) in [5.74, 6) is -1.92. The van der Waals surface area contributed by atoms with Crippen LogP contribution in [0, 0.1) is 17.7 Å². The van der Waals surface area contributed by atoms with E-state index in [1.807, 2.05) is 0 Å². The number of hydrogen-bond acceptors (Lipinski definition) is 4. The molecule has 3 atom stereocenters. The zero-order chi connectivity index (χ0) is 18.2. The van der Waals surface area contributed by atoms with Crippen molar-refractivity contribution in [2.75, 3.05) is 23.4 Å². The molecule has 2 fully saturated rings. The monoisotopic (exact) mass is 368 g/mol. The Hall–Kier alpha value is -1.96. The molecule has 0 aromatic heterocycles. The molecule has 0 radical (unpaired) electrons. The van der Waals surface area contributed by atoms with Crippen molar-refractivity contribution in [3.05, 3.63) is 30.1 Å². The van der Waals surface area contributed by atoms with Crippen LogP contribution in [0.15, 0.2) is 24.3 Å². The van der Waals surface area contributed by atoms with Crippen LogP contribution in [-0.2, 0) is 19.4 Å². The summed E-state index contributed by atoms with van der Waals surface area (Å²) in [6.45, 7) is 2.22. The average molecular weight is 368 g/mol. The third kappa shape index (κ3) is 3.84. The summed E-state index contributed by atoms with van der Waals surface area (Å²) in [7, 11) is -3.08. The lowest BCUT2D eigenvalue weighted by molar-refractivity contribution is -0.135. The summed E-state index contributed by atoms with van der Waals surface area (Å²) in [5.41, 5.74) is 0.0971. The van der Waals surface area contributed by atoms with E-state index in [1.54, 1.807) is 17.9 Å². The van der Waals surface area contributed by atoms with Crippen molar-refractivity contribution in [3.8, 4) is 0 Å². The molecule has 0 bridgehead atoms. The van der Waals surface area contributed by atoms with E-state index in [9.17, 15) is 22.4 Å². The van der Waals surface area contributed by atoms with Crippen LogP contribution in [0.25, 0.3) is 0 Å². The minimum Gasteiger partial charge on any atom is -0.339 e. The Labute approximate surface area is 146 Å². The van der Waals surface area contributed by atoms with Crippen molar-refractivity contribution in [1.82, 2.24) is 4.90 Å². The number of carbonyl (C=O) groups excluding carboxylic acids is 2. The smallest absolute Gasteiger partial charge is 0.228 e. The molecule has 1 N–H and O–H groups in total. The van der Waals surface area contributed by atoms with Crippen LogP contribution < -0.4 is 5.32 Å². The van der Waals surface area contributed by atoms with E-state index in [0.29, 0.717) is 19.4 Å². The highest BCUT2D eigenvalue weighted by molar-refractivity contribution is 7.91. The predicted octanol–water partition coefficient (Wildman–Crippen LogP) is 1.44. The van der Waals surface area contributed by atoms with E-state index < -0.39 is 27.5 Å². The highest BCUT2D eigenvalue weighted by atomic mass is 32.2. The topological polar surface area (TPSA) is 83.6 Å². The molecule has 1 aliphatic carbocycles. The number of sulfone groups is 1. The van der Waals surface area contributed by atoms with E-state index in [4.69, 9.17) is 0 Å². The van der Waals surface area contributed by atoms with Gasteiger partial charge in [0.05, 0.1) is 29.0 Å². The van der Waals surface area contributed by atoms with Crippen LogP contribution in [0.4, 0.5) is 10.1 Å². The van der Waals surface area contributed by atoms with Gasteiger partial charge in [-0.05, 0) is 31.9 Å². The van der Waals surface area contributed by atoms with E-state index in [2.05, 4.69) is 5.32 Å². The molecule has 6 nitrogen and oxygen atoms in total. The second-order valence-corrected chi connectivity index (χ2v) is 8.83. The first-order valence-electron chi connectivity index (χ1n) is 8.38. The molecule has 1 aliphatic heterocycles. The van der Waals surface area contributed by atoms with Gasteiger partial charge in [-0.3, -0.25) is 9.59 Å². The fraction of sp³-hybridized carbons (Fsp3) is 0.529. The van der Waals surface area contributed by atoms with Crippen molar-refractivity contribution in [2.24, 2.45) is 11.8 Å². The second kappa shape index (κ2) is 6.74. The van der Waals surface area contributed by atoms with Gasteiger partial charge in [0, 0.05) is 12.6 Å². The molecule has 2 amide bonds. The zero-order valence-electron chi connectivity index (χ0n) is 13.9. The standard InChI is InChI=1S/C17H21FN2O4S/c1-2-20(11-7-8-25(23,24)10-11)17(22)13-9-12(13)16(21)19-15-6-4-3-5-14(15)18/h3-6,11-13H,2,7-10H2,1H3,(H,19,21). The van der Waals surface area contributed by atoms with Gasteiger partial charge in [0.1, 0.15) is 5.82 Å². The first kappa shape index (κ1) is 17.8. The van der Waals surface area contributed by atoms with Crippen molar-refractivity contribution in [1.29, 1.82) is 0 Å². The molecule has 3 rings (SSSR count). The number of anilines is 1. The fourth-order valence-corrected chi connectivity index (χ4v) is 5.10.